The van der Waals surface area contributed by atoms with Gasteiger partial charge in [0.25, 0.3) is 0 Å². The molecule has 0 bridgehead atoms. The van der Waals surface area contributed by atoms with Gasteiger partial charge in [0, 0.05) is 5.54 Å². The summed E-state index contributed by atoms with van der Waals surface area (Å²) in [6.45, 7) is 5.70. The molecule has 0 radical (unpaired) electrons. The van der Waals surface area contributed by atoms with Crippen LogP contribution in [0.15, 0.2) is 23.1 Å². The summed E-state index contributed by atoms with van der Waals surface area (Å²) in [7, 11) is -3.54. The van der Waals surface area contributed by atoms with E-state index in [2.05, 4.69) is 4.72 Å². The molecule has 0 aliphatic heterocycles. The molecule has 0 spiro atoms. The van der Waals surface area contributed by atoms with Crippen molar-refractivity contribution in [2.45, 2.75) is 57.1 Å². The van der Waals surface area contributed by atoms with Gasteiger partial charge < -0.3 is 5.11 Å². The third-order valence-corrected chi connectivity index (χ3v) is 5.70. The Bertz CT molecular complexity index is 589. The second-order valence-electron chi connectivity index (χ2n) is 6.04. The standard InChI is InChI=1S/C15H23NO3S/c1-4-11-5-8-14(9-12(11)10-17)20(18,19)16-15(2,3)13-6-7-13/h5,8-9,13,16-17H,4,6-7,10H2,1-3H3. The molecule has 2 N–H and O–H groups in total. The van der Waals surface area contributed by atoms with Gasteiger partial charge in [-0.15, -0.1) is 0 Å². The maximum atomic E-state index is 12.5. The molecule has 4 nitrogen and oxygen atoms in total. The maximum Gasteiger partial charge on any atom is 0.241 e. The van der Waals surface area contributed by atoms with Gasteiger partial charge in [0.1, 0.15) is 0 Å². The normalized spacial score (nSPS) is 16.4. The second-order valence-corrected chi connectivity index (χ2v) is 7.73. The zero-order valence-corrected chi connectivity index (χ0v) is 13.1. The van der Waals surface area contributed by atoms with E-state index >= 15 is 0 Å². The summed E-state index contributed by atoms with van der Waals surface area (Å²) in [6.07, 6.45) is 2.93. The average Bonchev–Trinajstić information content (AvgIpc) is 3.21. The second kappa shape index (κ2) is 5.47. The zero-order chi connectivity index (χ0) is 15.0. The summed E-state index contributed by atoms with van der Waals surface area (Å²) in [5.41, 5.74) is 1.24. The van der Waals surface area contributed by atoms with Crippen molar-refractivity contribution in [2.24, 2.45) is 5.92 Å². The van der Waals surface area contributed by atoms with Crippen molar-refractivity contribution in [3.8, 4) is 0 Å². The molecule has 0 amide bonds. The molecule has 1 aromatic carbocycles. The number of sulfonamides is 1. The van der Waals surface area contributed by atoms with Gasteiger partial charge in [0.2, 0.25) is 10.0 Å². The third kappa shape index (κ3) is 3.22. The lowest BCUT2D eigenvalue weighted by atomic mass is 10.0. The highest BCUT2D eigenvalue weighted by Gasteiger charge is 2.40. The smallest absolute Gasteiger partial charge is 0.241 e. The molecular formula is C15H23NO3S. The van der Waals surface area contributed by atoms with E-state index < -0.39 is 15.6 Å². The predicted octanol–water partition coefficient (Wildman–Crippen LogP) is 2.21. The third-order valence-electron chi connectivity index (χ3n) is 4.03. The summed E-state index contributed by atoms with van der Waals surface area (Å²) < 4.78 is 27.7. The molecule has 1 aromatic rings. The van der Waals surface area contributed by atoms with Gasteiger partial charge in [0.05, 0.1) is 11.5 Å². The Balaban J connectivity index is 2.29. The summed E-state index contributed by atoms with van der Waals surface area (Å²) in [6, 6.07) is 4.97. The van der Waals surface area contributed by atoms with Crippen molar-refractivity contribution >= 4 is 10.0 Å². The molecule has 1 saturated carbocycles. The first-order valence-corrected chi connectivity index (χ1v) is 8.55. The van der Waals surface area contributed by atoms with E-state index in [1.807, 2.05) is 20.8 Å². The summed E-state index contributed by atoms with van der Waals surface area (Å²) in [5.74, 6) is 0.421. The van der Waals surface area contributed by atoms with Gasteiger partial charge in [-0.25, -0.2) is 13.1 Å². The SMILES string of the molecule is CCc1ccc(S(=O)(=O)NC(C)(C)C2CC2)cc1CO. The average molecular weight is 297 g/mol. The Morgan fingerprint density at radius 1 is 1.30 bits per heavy atom. The topological polar surface area (TPSA) is 66.4 Å². The Hall–Kier alpha value is -0.910. The van der Waals surface area contributed by atoms with Crippen LogP contribution in [-0.4, -0.2) is 19.1 Å². The van der Waals surface area contributed by atoms with E-state index in [-0.39, 0.29) is 11.5 Å². The van der Waals surface area contributed by atoms with Crippen LogP contribution in [0.1, 0.15) is 44.7 Å². The fraction of sp³-hybridized carbons (Fsp3) is 0.600. The molecule has 0 aromatic heterocycles. The van der Waals surface area contributed by atoms with Crippen LogP contribution in [0, 0.1) is 5.92 Å². The first-order valence-electron chi connectivity index (χ1n) is 7.07. The summed E-state index contributed by atoms with van der Waals surface area (Å²) in [4.78, 5) is 0.229. The first-order chi connectivity index (χ1) is 9.30. The van der Waals surface area contributed by atoms with Crippen LogP contribution in [0.3, 0.4) is 0 Å². The highest BCUT2D eigenvalue weighted by Crippen LogP contribution is 2.40. The van der Waals surface area contributed by atoms with E-state index in [1.54, 1.807) is 18.2 Å². The number of aliphatic hydroxyl groups excluding tert-OH is 1. The largest absolute Gasteiger partial charge is 0.392 e. The number of rotatable bonds is 6. The van der Waals surface area contributed by atoms with Crippen molar-refractivity contribution in [1.29, 1.82) is 0 Å². The quantitative estimate of drug-likeness (QED) is 0.846. The summed E-state index contributed by atoms with van der Waals surface area (Å²) >= 11 is 0. The first kappa shape index (κ1) is 15.5. The van der Waals surface area contributed by atoms with Gasteiger partial charge in [-0.3, -0.25) is 0 Å². The lowest BCUT2D eigenvalue weighted by Crippen LogP contribution is -2.45. The van der Waals surface area contributed by atoms with E-state index in [0.29, 0.717) is 11.5 Å². The number of hydrogen-bond donors (Lipinski definition) is 2. The molecule has 112 valence electrons. The molecule has 0 saturated heterocycles. The molecule has 20 heavy (non-hydrogen) atoms. The Morgan fingerprint density at radius 3 is 2.45 bits per heavy atom. The molecule has 0 heterocycles. The number of nitrogens with one attached hydrogen (secondary N) is 1. The van der Waals surface area contributed by atoms with Crippen LogP contribution in [0.2, 0.25) is 0 Å². The van der Waals surface area contributed by atoms with Gasteiger partial charge in [-0.1, -0.05) is 13.0 Å². The minimum absolute atomic E-state index is 0.140. The number of aryl methyl sites for hydroxylation is 1. The summed E-state index contributed by atoms with van der Waals surface area (Å²) in [5, 5.41) is 9.36. The Kier molecular flexibility index (Phi) is 4.23. The minimum atomic E-state index is -3.54. The molecule has 1 aliphatic rings. The number of aliphatic hydroxyl groups is 1. The van der Waals surface area contributed by atoms with E-state index in [4.69, 9.17) is 0 Å². The van der Waals surface area contributed by atoms with Crippen molar-refractivity contribution in [1.82, 2.24) is 4.72 Å². The van der Waals surface area contributed by atoms with Crippen LogP contribution in [0.4, 0.5) is 0 Å². The fourth-order valence-corrected chi connectivity index (χ4v) is 4.08. The molecule has 0 atom stereocenters. The molecule has 2 rings (SSSR count). The maximum absolute atomic E-state index is 12.5. The Labute approximate surface area is 121 Å². The fourth-order valence-electron chi connectivity index (χ4n) is 2.56. The lowest BCUT2D eigenvalue weighted by molar-refractivity contribution is 0.280. The van der Waals surface area contributed by atoms with Crippen LogP contribution in [-0.2, 0) is 23.1 Å². The zero-order valence-electron chi connectivity index (χ0n) is 12.3. The van der Waals surface area contributed by atoms with Crippen LogP contribution in [0.25, 0.3) is 0 Å². The highest BCUT2D eigenvalue weighted by atomic mass is 32.2. The lowest BCUT2D eigenvalue weighted by Gasteiger charge is -2.26. The molecule has 1 aliphatic carbocycles. The van der Waals surface area contributed by atoms with Gasteiger partial charge in [-0.2, -0.15) is 0 Å². The predicted molar refractivity (Wildman–Crippen MR) is 78.9 cm³/mol. The van der Waals surface area contributed by atoms with Crippen LogP contribution in [0.5, 0.6) is 0 Å². The van der Waals surface area contributed by atoms with Crippen molar-refractivity contribution in [2.75, 3.05) is 0 Å². The number of hydrogen-bond acceptors (Lipinski definition) is 3. The van der Waals surface area contributed by atoms with E-state index in [9.17, 15) is 13.5 Å². The van der Waals surface area contributed by atoms with Crippen molar-refractivity contribution in [3.05, 3.63) is 29.3 Å². The monoisotopic (exact) mass is 297 g/mol. The number of benzene rings is 1. The van der Waals surface area contributed by atoms with Crippen molar-refractivity contribution < 1.29 is 13.5 Å². The minimum Gasteiger partial charge on any atom is -0.392 e. The van der Waals surface area contributed by atoms with Gasteiger partial charge in [-0.05, 0) is 62.3 Å². The van der Waals surface area contributed by atoms with E-state index in [0.717, 1.165) is 24.8 Å². The van der Waals surface area contributed by atoms with E-state index in [1.165, 1.54) is 0 Å². The van der Waals surface area contributed by atoms with Crippen LogP contribution < -0.4 is 4.72 Å². The van der Waals surface area contributed by atoms with Gasteiger partial charge in [0.15, 0.2) is 0 Å². The molecule has 0 unspecified atom stereocenters. The van der Waals surface area contributed by atoms with Crippen molar-refractivity contribution in [3.63, 3.8) is 0 Å². The Morgan fingerprint density at radius 2 is 1.95 bits per heavy atom. The molecule has 5 heteroatoms. The van der Waals surface area contributed by atoms with Gasteiger partial charge >= 0.3 is 0 Å². The molecule has 1 fully saturated rings. The highest BCUT2D eigenvalue weighted by molar-refractivity contribution is 7.89. The van der Waals surface area contributed by atoms with Crippen LogP contribution >= 0.6 is 0 Å². The molecular weight excluding hydrogens is 274 g/mol.